The first-order valence-corrected chi connectivity index (χ1v) is 11.2. The second-order valence-corrected chi connectivity index (χ2v) is 9.00. The molecule has 0 atom stereocenters. The van der Waals surface area contributed by atoms with Crippen LogP contribution in [-0.2, 0) is 7.05 Å². The van der Waals surface area contributed by atoms with Gasteiger partial charge in [-0.15, -0.1) is 0 Å². The van der Waals surface area contributed by atoms with Crippen LogP contribution >= 0.6 is 0 Å². The zero-order valence-corrected chi connectivity index (χ0v) is 17.7. The Morgan fingerprint density at radius 2 is 1.12 bits per heavy atom. The minimum Gasteiger partial charge on any atom is -0.454 e. The maximum atomic E-state index is 6.61. The highest BCUT2D eigenvalue weighted by molar-refractivity contribution is 6.34. The third kappa shape index (κ3) is 1.65. The van der Waals surface area contributed by atoms with E-state index in [0.29, 0.717) is 0 Å². The summed E-state index contributed by atoms with van der Waals surface area (Å²) in [6.45, 7) is 0. The Balaban J connectivity index is 1.82. The molecule has 4 heteroatoms. The van der Waals surface area contributed by atoms with Gasteiger partial charge in [0.15, 0.2) is 11.2 Å². The van der Waals surface area contributed by atoms with Gasteiger partial charge in [0, 0.05) is 44.9 Å². The highest BCUT2D eigenvalue weighted by atomic mass is 16.3. The Hall–Kier alpha value is -4.44. The first-order valence-electron chi connectivity index (χ1n) is 11.2. The van der Waals surface area contributed by atoms with Gasteiger partial charge in [0.2, 0.25) is 0 Å². The quantitative estimate of drug-likeness (QED) is 0.247. The Morgan fingerprint density at radius 1 is 0.515 bits per heavy atom. The van der Waals surface area contributed by atoms with E-state index >= 15 is 0 Å². The maximum absolute atomic E-state index is 6.61. The van der Waals surface area contributed by atoms with Gasteiger partial charge in [-0.05, 0) is 42.5 Å². The summed E-state index contributed by atoms with van der Waals surface area (Å²) in [5.74, 6) is 0. The summed E-state index contributed by atoms with van der Waals surface area (Å²) in [6, 6.07) is 27.6. The summed E-state index contributed by atoms with van der Waals surface area (Å²) in [6.07, 6.45) is 0. The average molecular weight is 424 g/mol. The van der Waals surface area contributed by atoms with E-state index in [4.69, 9.17) is 8.83 Å². The van der Waals surface area contributed by atoms with Gasteiger partial charge in [0.1, 0.15) is 22.2 Å². The van der Waals surface area contributed by atoms with Crippen LogP contribution in [-0.4, -0.2) is 8.97 Å². The fourth-order valence-electron chi connectivity index (χ4n) is 6.13. The molecule has 9 aromatic rings. The number of hydrogen-bond acceptors (Lipinski definition) is 2. The number of furan rings is 2. The summed E-state index contributed by atoms with van der Waals surface area (Å²) in [5.41, 5.74) is 9.45. The zero-order valence-electron chi connectivity index (χ0n) is 17.7. The van der Waals surface area contributed by atoms with Crippen LogP contribution in [0.25, 0.3) is 82.2 Å². The molecule has 0 spiro atoms. The molecule has 154 valence electrons. The summed E-state index contributed by atoms with van der Waals surface area (Å²) >= 11 is 0. The van der Waals surface area contributed by atoms with E-state index in [2.05, 4.69) is 76.7 Å². The molecule has 5 aromatic heterocycles. The average Bonchev–Trinajstić information content (AvgIpc) is 3.55. The fourth-order valence-corrected chi connectivity index (χ4v) is 6.13. The third-order valence-electron chi connectivity index (χ3n) is 7.47. The Kier molecular flexibility index (Phi) is 2.52. The normalized spacial score (nSPS) is 13.0. The first-order chi connectivity index (χ1) is 16.3. The maximum Gasteiger partial charge on any atom is 0.161 e. The lowest BCUT2D eigenvalue weighted by atomic mass is 10.1. The first kappa shape index (κ1) is 16.2. The second-order valence-electron chi connectivity index (χ2n) is 9.00. The number of aryl methyl sites for hydroxylation is 1. The number of para-hydroxylation sites is 2. The Bertz CT molecular complexity index is 2250. The smallest absolute Gasteiger partial charge is 0.161 e. The van der Waals surface area contributed by atoms with Crippen LogP contribution in [0.15, 0.2) is 87.7 Å². The van der Waals surface area contributed by atoms with Crippen molar-refractivity contribution < 1.29 is 8.83 Å². The predicted octanol–water partition coefficient (Wildman–Crippen LogP) is 7.97. The van der Waals surface area contributed by atoms with Crippen LogP contribution in [0.4, 0.5) is 0 Å². The minimum absolute atomic E-state index is 0.897. The zero-order chi connectivity index (χ0) is 21.4. The van der Waals surface area contributed by atoms with E-state index in [-0.39, 0.29) is 0 Å². The van der Waals surface area contributed by atoms with E-state index < -0.39 is 0 Å². The van der Waals surface area contributed by atoms with Gasteiger partial charge in [-0.1, -0.05) is 36.4 Å². The molecule has 0 fully saturated rings. The van der Waals surface area contributed by atoms with E-state index in [9.17, 15) is 0 Å². The lowest BCUT2D eigenvalue weighted by Gasteiger charge is -2.02. The molecule has 4 nitrogen and oxygen atoms in total. The molecule has 0 saturated heterocycles. The van der Waals surface area contributed by atoms with Crippen molar-refractivity contribution in [2.45, 2.75) is 0 Å². The van der Waals surface area contributed by atoms with Crippen LogP contribution in [0.2, 0.25) is 0 Å². The number of rotatable bonds is 0. The highest BCUT2D eigenvalue weighted by Gasteiger charge is 2.26. The van der Waals surface area contributed by atoms with Crippen LogP contribution in [0.5, 0.6) is 0 Å². The van der Waals surface area contributed by atoms with Crippen LogP contribution in [0, 0.1) is 0 Å². The summed E-state index contributed by atoms with van der Waals surface area (Å²) < 4.78 is 17.8. The van der Waals surface area contributed by atoms with Crippen molar-refractivity contribution in [3.05, 3.63) is 78.9 Å². The molecule has 0 saturated carbocycles. The van der Waals surface area contributed by atoms with Gasteiger partial charge >= 0.3 is 0 Å². The third-order valence-corrected chi connectivity index (χ3v) is 7.47. The predicted molar refractivity (Wildman–Crippen MR) is 135 cm³/mol. The molecule has 0 aliphatic rings. The van der Waals surface area contributed by atoms with Crippen molar-refractivity contribution in [2.24, 2.45) is 7.05 Å². The van der Waals surface area contributed by atoms with Gasteiger partial charge < -0.3 is 17.8 Å². The largest absolute Gasteiger partial charge is 0.454 e. The van der Waals surface area contributed by atoms with Crippen molar-refractivity contribution in [1.82, 2.24) is 8.97 Å². The second kappa shape index (κ2) is 5.13. The lowest BCUT2D eigenvalue weighted by molar-refractivity contribution is 0.672. The molecule has 33 heavy (non-hydrogen) atoms. The summed E-state index contributed by atoms with van der Waals surface area (Å²) in [7, 11) is 2.15. The van der Waals surface area contributed by atoms with Gasteiger partial charge in [0.05, 0.1) is 11.0 Å². The molecule has 5 heterocycles. The molecule has 0 unspecified atom stereocenters. The van der Waals surface area contributed by atoms with Crippen molar-refractivity contribution in [2.75, 3.05) is 0 Å². The van der Waals surface area contributed by atoms with Crippen molar-refractivity contribution in [3.8, 4) is 0 Å². The van der Waals surface area contributed by atoms with Crippen LogP contribution < -0.4 is 0 Å². The Labute approximate surface area is 186 Å². The summed E-state index contributed by atoms with van der Waals surface area (Å²) in [5, 5.41) is 7.00. The van der Waals surface area contributed by atoms with Gasteiger partial charge in [-0.25, -0.2) is 0 Å². The number of nitrogens with zero attached hydrogens (tertiary/aromatic N) is 2. The van der Waals surface area contributed by atoms with Gasteiger partial charge in [-0.2, -0.15) is 0 Å². The molecule has 0 bridgehead atoms. The number of aromatic nitrogens is 2. The molecular weight excluding hydrogens is 408 g/mol. The monoisotopic (exact) mass is 424 g/mol. The highest BCUT2D eigenvalue weighted by Crippen LogP contribution is 2.47. The molecule has 0 amide bonds. The van der Waals surface area contributed by atoms with E-state index in [1.165, 1.54) is 27.3 Å². The number of hydrogen-bond donors (Lipinski definition) is 0. The summed E-state index contributed by atoms with van der Waals surface area (Å²) in [4.78, 5) is 0. The van der Waals surface area contributed by atoms with Crippen molar-refractivity contribution in [1.29, 1.82) is 0 Å². The van der Waals surface area contributed by atoms with Crippen molar-refractivity contribution >= 4 is 82.2 Å². The topological polar surface area (TPSA) is 35.6 Å². The van der Waals surface area contributed by atoms with Gasteiger partial charge in [-0.3, -0.25) is 0 Å². The Morgan fingerprint density at radius 3 is 1.85 bits per heavy atom. The molecular formula is C29H16N2O2. The SMILES string of the molecule is Cn1c2cccc3c4oc5ccccc5c4n4c5c6ccccc6oc5c5ccc1c(c32)c54. The molecule has 0 aliphatic heterocycles. The molecule has 0 radical (unpaired) electrons. The van der Waals surface area contributed by atoms with E-state index in [0.717, 1.165) is 54.9 Å². The number of fused-ring (bicyclic) bond motifs is 10. The van der Waals surface area contributed by atoms with Crippen LogP contribution in [0.3, 0.4) is 0 Å². The van der Waals surface area contributed by atoms with Crippen LogP contribution in [0.1, 0.15) is 0 Å². The number of benzene rings is 4. The standard InChI is InChI=1S/C29H16N2O2/c1-30-19-10-6-9-17-23(19)24-20(30)14-13-18-25(24)31(26-15-7-2-4-11-21(15)32-28(17)26)27-16-8-3-5-12-22(16)33-29(18)27/h2-14H,1H3. The molecule has 0 N–H and O–H groups in total. The molecule has 0 aliphatic carbocycles. The molecule has 9 rings (SSSR count). The van der Waals surface area contributed by atoms with E-state index in [1.54, 1.807) is 0 Å². The van der Waals surface area contributed by atoms with E-state index in [1.807, 2.05) is 18.2 Å². The minimum atomic E-state index is 0.897. The van der Waals surface area contributed by atoms with Crippen molar-refractivity contribution in [3.63, 3.8) is 0 Å². The lowest BCUT2D eigenvalue weighted by Crippen LogP contribution is -1.88. The van der Waals surface area contributed by atoms with Gasteiger partial charge in [0.25, 0.3) is 0 Å². The molecule has 4 aromatic carbocycles. The fraction of sp³-hybridized carbons (Fsp3) is 0.0345.